The van der Waals surface area contributed by atoms with Crippen LogP contribution >= 0.6 is 11.8 Å². The molecule has 4 rings (SSSR count). The van der Waals surface area contributed by atoms with E-state index in [0.29, 0.717) is 40.7 Å². The van der Waals surface area contributed by atoms with Crippen molar-refractivity contribution in [2.24, 2.45) is 0 Å². The molecular weight excluding hydrogens is 343 g/mol. The average molecular weight is 358 g/mol. The number of anilines is 1. The first-order valence-electron chi connectivity index (χ1n) is 7.82. The second-order valence-corrected chi connectivity index (χ2v) is 6.74. The van der Waals surface area contributed by atoms with Gasteiger partial charge in [0.2, 0.25) is 5.12 Å². The number of rotatable bonds is 0. The van der Waals surface area contributed by atoms with Crippen LogP contribution in [0.4, 0.5) is 10.2 Å². The van der Waals surface area contributed by atoms with Gasteiger partial charge in [0.1, 0.15) is 17.4 Å². The zero-order chi connectivity index (χ0) is 17.4. The van der Waals surface area contributed by atoms with E-state index in [2.05, 4.69) is 15.4 Å². The predicted molar refractivity (Wildman–Crippen MR) is 93.7 cm³/mol. The maximum Gasteiger partial charge on any atom is 0.224 e. The molecule has 128 valence electrons. The van der Waals surface area contributed by atoms with Gasteiger partial charge < -0.3 is 10.1 Å². The fourth-order valence-corrected chi connectivity index (χ4v) is 3.40. The predicted octanol–water partition coefficient (Wildman–Crippen LogP) is 3.31. The van der Waals surface area contributed by atoms with Crippen LogP contribution in [0.5, 0.6) is 5.75 Å². The molecule has 1 aromatic carbocycles. The van der Waals surface area contributed by atoms with E-state index in [0.717, 1.165) is 11.8 Å². The van der Waals surface area contributed by atoms with E-state index in [4.69, 9.17) is 4.74 Å². The number of fused-ring (bicyclic) bond motifs is 2. The van der Waals surface area contributed by atoms with Crippen LogP contribution in [-0.4, -0.2) is 32.1 Å². The summed E-state index contributed by atoms with van der Waals surface area (Å²) in [6, 6.07) is 5.96. The first kappa shape index (κ1) is 15.9. The number of carbonyl (C=O) groups is 1. The zero-order valence-electron chi connectivity index (χ0n) is 13.4. The molecule has 0 saturated heterocycles. The summed E-state index contributed by atoms with van der Waals surface area (Å²) < 4.78 is 21.0. The van der Waals surface area contributed by atoms with Gasteiger partial charge in [-0.25, -0.2) is 13.9 Å². The number of carbonyl (C=O) groups excluding carboxylic acids is 1. The van der Waals surface area contributed by atoms with E-state index in [9.17, 15) is 9.18 Å². The Labute approximate surface area is 147 Å². The summed E-state index contributed by atoms with van der Waals surface area (Å²) in [5.74, 6) is 1.33. The SMILES string of the molecule is CC1Nc2ccn3ncc(c3n2)C(=O)SCCOc2ccc(F)cc21. The number of thioether (sulfide) groups is 1. The molecular formula is C17H15FN4O2S. The topological polar surface area (TPSA) is 68.5 Å². The lowest BCUT2D eigenvalue weighted by Crippen LogP contribution is -2.11. The van der Waals surface area contributed by atoms with Crippen molar-refractivity contribution in [2.45, 2.75) is 13.0 Å². The molecule has 1 aliphatic heterocycles. The minimum Gasteiger partial charge on any atom is -0.492 e. The van der Waals surface area contributed by atoms with Crippen LogP contribution in [0, 0.1) is 5.82 Å². The summed E-state index contributed by atoms with van der Waals surface area (Å²) in [6.45, 7) is 2.25. The molecule has 3 aromatic rings. The molecule has 0 aliphatic carbocycles. The molecule has 1 atom stereocenters. The summed E-state index contributed by atoms with van der Waals surface area (Å²) in [7, 11) is 0. The molecule has 6 nitrogen and oxygen atoms in total. The van der Waals surface area contributed by atoms with E-state index in [1.807, 2.05) is 6.92 Å². The first-order valence-corrected chi connectivity index (χ1v) is 8.80. The second kappa shape index (κ2) is 6.36. The zero-order valence-corrected chi connectivity index (χ0v) is 14.2. The van der Waals surface area contributed by atoms with Gasteiger partial charge in [0.15, 0.2) is 5.65 Å². The molecule has 1 unspecified atom stereocenters. The van der Waals surface area contributed by atoms with Crippen molar-refractivity contribution in [2.75, 3.05) is 17.7 Å². The van der Waals surface area contributed by atoms with E-state index in [-0.39, 0.29) is 17.0 Å². The van der Waals surface area contributed by atoms with Crippen molar-refractivity contribution in [3.8, 4) is 5.75 Å². The second-order valence-electron chi connectivity index (χ2n) is 5.67. The highest BCUT2D eigenvalue weighted by molar-refractivity contribution is 8.14. The molecule has 2 bridgehead atoms. The number of aromatic nitrogens is 3. The van der Waals surface area contributed by atoms with Crippen molar-refractivity contribution in [1.82, 2.24) is 14.6 Å². The fraction of sp³-hybridized carbons (Fsp3) is 0.235. The fourth-order valence-electron chi connectivity index (χ4n) is 2.75. The minimum atomic E-state index is -0.327. The number of halogens is 1. The highest BCUT2D eigenvalue weighted by Gasteiger charge is 2.18. The molecule has 0 radical (unpaired) electrons. The summed E-state index contributed by atoms with van der Waals surface area (Å²) in [5.41, 5.74) is 1.66. The highest BCUT2D eigenvalue weighted by atomic mass is 32.2. The van der Waals surface area contributed by atoms with Crippen LogP contribution < -0.4 is 10.1 Å². The minimum absolute atomic E-state index is 0.102. The van der Waals surface area contributed by atoms with E-state index < -0.39 is 0 Å². The first-order chi connectivity index (χ1) is 12.1. The Balaban J connectivity index is 1.80. The van der Waals surface area contributed by atoms with Gasteiger partial charge in [-0.3, -0.25) is 4.79 Å². The molecule has 0 amide bonds. The molecule has 3 heterocycles. The lowest BCUT2D eigenvalue weighted by Gasteiger charge is -2.19. The maximum atomic E-state index is 13.7. The number of nitrogens with zero attached hydrogens (tertiary/aromatic N) is 3. The Hall–Kier alpha value is -2.61. The Kier molecular flexibility index (Phi) is 4.04. The summed E-state index contributed by atoms with van der Waals surface area (Å²) in [6.07, 6.45) is 3.26. The quantitative estimate of drug-likeness (QED) is 0.665. The molecule has 1 aliphatic rings. The van der Waals surface area contributed by atoms with Crippen molar-refractivity contribution >= 4 is 28.3 Å². The smallest absolute Gasteiger partial charge is 0.224 e. The Morgan fingerprint density at radius 1 is 1.40 bits per heavy atom. The molecule has 8 heteroatoms. The summed E-state index contributed by atoms with van der Waals surface area (Å²) >= 11 is 1.15. The van der Waals surface area contributed by atoms with Gasteiger partial charge in [-0.1, -0.05) is 11.8 Å². The lowest BCUT2D eigenvalue weighted by molar-refractivity contribution is 0.109. The van der Waals surface area contributed by atoms with E-state index in [1.165, 1.54) is 18.3 Å². The van der Waals surface area contributed by atoms with Gasteiger partial charge in [-0.05, 0) is 31.2 Å². The molecule has 2 aromatic heterocycles. The molecule has 0 spiro atoms. The normalized spacial score (nSPS) is 17.8. The summed E-state index contributed by atoms with van der Waals surface area (Å²) in [4.78, 5) is 16.9. The third-order valence-electron chi connectivity index (χ3n) is 3.97. The summed E-state index contributed by atoms with van der Waals surface area (Å²) in [5, 5.41) is 7.29. The van der Waals surface area contributed by atoms with Gasteiger partial charge in [-0.2, -0.15) is 5.10 Å². The Morgan fingerprint density at radius 3 is 3.16 bits per heavy atom. The number of hydrogen-bond donors (Lipinski definition) is 1. The van der Waals surface area contributed by atoms with Crippen LogP contribution in [0.25, 0.3) is 5.65 Å². The largest absolute Gasteiger partial charge is 0.492 e. The number of ether oxygens (including phenoxy) is 1. The third-order valence-corrected chi connectivity index (χ3v) is 4.82. The van der Waals surface area contributed by atoms with Gasteiger partial charge in [0, 0.05) is 17.5 Å². The third kappa shape index (κ3) is 3.05. The van der Waals surface area contributed by atoms with Crippen molar-refractivity contribution < 1.29 is 13.9 Å². The van der Waals surface area contributed by atoms with Crippen LogP contribution in [0.2, 0.25) is 0 Å². The van der Waals surface area contributed by atoms with Crippen LogP contribution in [0.3, 0.4) is 0 Å². The average Bonchev–Trinajstić information content (AvgIpc) is 3.02. The molecule has 0 saturated carbocycles. The van der Waals surface area contributed by atoms with Crippen LogP contribution in [0.1, 0.15) is 28.9 Å². The van der Waals surface area contributed by atoms with Crippen molar-refractivity contribution in [1.29, 1.82) is 0 Å². The van der Waals surface area contributed by atoms with E-state index in [1.54, 1.807) is 22.8 Å². The molecule has 0 fully saturated rings. The molecule has 25 heavy (non-hydrogen) atoms. The van der Waals surface area contributed by atoms with Crippen molar-refractivity contribution in [3.63, 3.8) is 0 Å². The molecule has 1 N–H and O–H groups in total. The lowest BCUT2D eigenvalue weighted by atomic mass is 10.1. The van der Waals surface area contributed by atoms with Gasteiger partial charge >= 0.3 is 0 Å². The van der Waals surface area contributed by atoms with E-state index >= 15 is 0 Å². The van der Waals surface area contributed by atoms with Gasteiger partial charge in [0.05, 0.1) is 24.4 Å². The monoisotopic (exact) mass is 358 g/mol. The standard InChI is InChI=1S/C17H15FN4O2S/c1-10-12-8-11(18)2-3-14(12)24-6-7-25-17(23)13-9-19-22-5-4-15(20-10)21-16(13)22/h2-5,8-10H,6-7H2,1H3,(H,20,21). The van der Waals surface area contributed by atoms with Crippen molar-refractivity contribution in [3.05, 3.63) is 53.6 Å². The number of benzene rings is 1. The Morgan fingerprint density at radius 2 is 2.28 bits per heavy atom. The van der Waals surface area contributed by atoms with Gasteiger partial charge in [-0.15, -0.1) is 0 Å². The maximum absolute atomic E-state index is 13.7. The highest BCUT2D eigenvalue weighted by Crippen LogP contribution is 2.29. The number of nitrogens with one attached hydrogen (secondary N) is 1. The number of hydrogen-bond acceptors (Lipinski definition) is 6. The van der Waals surface area contributed by atoms with Crippen LogP contribution in [-0.2, 0) is 0 Å². The Bertz CT molecular complexity index is 959. The van der Waals surface area contributed by atoms with Crippen LogP contribution in [0.15, 0.2) is 36.7 Å². The van der Waals surface area contributed by atoms with Gasteiger partial charge in [0.25, 0.3) is 0 Å².